The summed E-state index contributed by atoms with van der Waals surface area (Å²) in [5, 5.41) is 6.26. The van der Waals surface area contributed by atoms with Crippen molar-refractivity contribution in [2.45, 2.75) is 12.1 Å². The summed E-state index contributed by atoms with van der Waals surface area (Å²) in [4.78, 5) is 13.4. The number of fused-ring (bicyclic) bond motifs is 3. The maximum atomic E-state index is 6.28. The van der Waals surface area contributed by atoms with Gasteiger partial charge in [0, 0.05) is 16.1 Å². The topological polar surface area (TPSA) is 37.2 Å². The standard InChI is InChI=1S/C23H18ClN3OS/c1-29-21-15-23(17-7-3-2-4-8-17)27(20-10-6-5-9-19(20)25-21)22(26-28-23)16-11-13-18(24)14-12-16/h2-14H,15H2,1H3/t23-/m0/s1. The number of para-hydroxylation sites is 2. The van der Waals surface area contributed by atoms with Gasteiger partial charge in [-0.25, -0.2) is 4.99 Å². The van der Waals surface area contributed by atoms with Gasteiger partial charge in [0.05, 0.1) is 22.8 Å². The first-order chi connectivity index (χ1) is 14.2. The van der Waals surface area contributed by atoms with Crippen molar-refractivity contribution >= 4 is 45.6 Å². The molecule has 29 heavy (non-hydrogen) atoms. The molecule has 3 aromatic carbocycles. The van der Waals surface area contributed by atoms with E-state index in [-0.39, 0.29) is 0 Å². The van der Waals surface area contributed by atoms with E-state index in [1.807, 2.05) is 66.9 Å². The molecule has 144 valence electrons. The first-order valence-corrected chi connectivity index (χ1v) is 10.9. The summed E-state index contributed by atoms with van der Waals surface area (Å²) in [7, 11) is 0. The SMILES string of the molecule is CSC1=Nc2ccccc2N2C(c3ccc(Cl)cc3)=NO[C@]2(c2ccccc2)C1. The zero-order chi connectivity index (χ0) is 19.8. The zero-order valence-electron chi connectivity index (χ0n) is 15.7. The van der Waals surface area contributed by atoms with Crippen LogP contribution >= 0.6 is 23.4 Å². The fourth-order valence-corrected chi connectivity index (χ4v) is 4.45. The number of halogens is 1. The Morgan fingerprint density at radius 1 is 0.966 bits per heavy atom. The molecule has 0 aliphatic carbocycles. The Morgan fingerprint density at radius 2 is 1.69 bits per heavy atom. The van der Waals surface area contributed by atoms with Crippen LogP contribution in [0.4, 0.5) is 11.4 Å². The van der Waals surface area contributed by atoms with E-state index in [9.17, 15) is 0 Å². The van der Waals surface area contributed by atoms with Crippen molar-refractivity contribution in [2.24, 2.45) is 10.1 Å². The van der Waals surface area contributed by atoms with Crippen LogP contribution in [-0.2, 0) is 10.6 Å². The molecule has 4 nitrogen and oxygen atoms in total. The normalized spacial score (nSPS) is 20.1. The molecule has 0 saturated heterocycles. The molecule has 0 unspecified atom stereocenters. The molecule has 2 aliphatic rings. The van der Waals surface area contributed by atoms with Gasteiger partial charge in [-0.05, 0) is 42.7 Å². The molecule has 2 heterocycles. The average molecular weight is 420 g/mol. The summed E-state index contributed by atoms with van der Waals surface area (Å²) in [6.07, 6.45) is 2.64. The van der Waals surface area contributed by atoms with Crippen molar-refractivity contribution in [3.63, 3.8) is 0 Å². The van der Waals surface area contributed by atoms with Crippen LogP contribution in [-0.4, -0.2) is 17.1 Å². The third-order valence-electron chi connectivity index (χ3n) is 5.18. The van der Waals surface area contributed by atoms with Gasteiger partial charge in [-0.3, -0.25) is 4.90 Å². The lowest BCUT2D eigenvalue weighted by Crippen LogP contribution is -2.47. The summed E-state index contributed by atoms with van der Waals surface area (Å²) >= 11 is 7.76. The van der Waals surface area contributed by atoms with Crippen LogP contribution in [0.5, 0.6) is 0 Å². The molecule has 6 heteroatoms. The van der Waals surface area contributed by atoms with E-state index < -0.39 is 5.72 Å². The lowest BCUT2D eigenvalue weighted by molar-refractivity contribution is -0.0148. The third-order valence-corrected chi connectivity index (χ3v) is 6.14. The van der Waals surface area contributed by atoms with Gasteiger partial charge in [-0.15, -0.1) is 11.8 Å². The Balaban J connectivity index is 1.75. The molecule has 0 N–H and O–H groups in total. The summed E-state index contributed by atoms with van der Waals surface area (Å²) in [6, 6.07) is 26.0. The quantitative estimate of drug-likeness (QED) is 0.497. The molecule has 0 spiro atoms. The van der Waals surface area contributed by atoms with Crippen molar-refractivity contribution in [2.75, 3.05) is 11.2 Å². The van der Waals surface area contributed by atoms with Crippen LogP contribution in [0.2, 0.25) is 5.02 Å². The zero-order valence-corrected chi connectivity index (χ0v) is 17.3. The number of anilines is 1. The number of thioether (sulfide) groups is 1. The molecule has 5 rings (SSSR count). The molecular formula is C23H18ClN3OS. The van der Waals surface area contributed by atoms with E-state index in [4.69, 9.17) is 21.4 Å². The number of aliphatic imine (C=N–C) groups is 1. The summed E-state index contributed by atoms with van der Waals surface area (Å²) in [5.74, 6) is 0.746. The molecule has 0 fully saturated rings. The predicted octanol–water partition coefficient (Wildman–Crippen LogP) is 6.19. The molecule has 0 aromatic heterocycles. The van der Waals surface area contributed by atoms with E-state index in [1.165, 1.54) is 0 Å². The van der Waals surface area contributed by atoms with E-state index in [0.29, 0.717) is 11.4 Å². The van der Waals surface area contributed by atoms with E-state index >= 15 is 0 Å². The summed E-state index contributed by atoms with van der Waals surface area (Å²) < 4.78 is 0. The smallest absolute Gasteiger partial charge is 0.247 e. The fourth-order valence-electron chi connectivity index (χ4n) is 3.80. The number of rotatable bonds is 2. The summed E-state index contributed by atoms with van der Waals surface area (Å²) in [5.41, 5.74) is 3.04. The number of nitrogens with zero attached hydrogens (tertiary/aromatic N) is 3. The van der Waals surface area contributed by atoms with Crippen molar-refractivity contribution in [3.05, 3.63) is 95.0 Å². The number of benzene rings is 3. The van der Waals surface area contributed by atoms with Gasteiger partial charge < -0.3 is 4.84 Å². The van der Waals surface area contributed by atoms with Gasteiger partial charge in [-0.1, -0.05) is 59.2 Å². The van der Waals surface area contributed by atoms with Crippen LogP contribution in [0.3, 0.4) is 0 Å². The Morgan fingerprint density at radius 3 is 2.45 bits per heavy atom. The van der Waals surface area contributed by atoms with E-state index in [2.05, 4.69) is 28.3 Å². The first kappa shape index (κ1) is 18.3. The highest BCUT2D eigenvalue weighted by molar-refractivity contribution is 8.13. The van der Waals surface area contributed by atoms with E-state index in [1.54, 1.807) is 11.8 Å². The minimum atomic E-state index is -0.801. The minimum Gasteiger partial charge on any atom is -0.359 e. The van der Waals surface area contributed by atoms with Crippen molar-refractivity contribution in [1.82, 2.24) is 0 Å². The Kier molecular flexibility index (Phi) is 4.57. The first-order valence-electron chi connectivity index (χ1n) is 9.30. The maximum absolute atomic E-state index is 6.28. The number of oxime groups is 1. The molecule has 2 aliphatic heterocycles. The monoisotopic (exact) mass is 419 g/mol. The third kappa shape index (κ3) is 3.02. The van der Waals surface area contributed by atoms with Gasteiger partial charge in [0.25, 0.3) is 0 Å². The second-order valence-corrected chi connectivity index (χ2v) is 8.19. The number of amidine groups is 1. The van der Waals surface area contributed by atoms with Crippen molar-refractivity contribution in [1.29, 1.82) is 0 Å². The van der Waals surface area contributed by atoms with Gasteiger partial charge in [-0.2, -0.15) is 0 Å². The highest BCUT2D eigenvalue weighted by atomic mass is 35.5. The Bertz CT molecular complexity index is 1110. The molecule has 0 amide bonds. The second kappa shape index (κ2) is 7.25. The predicted molar refractivity (Wildman–Crippen MR) is 121 cm³/mol. The lowest BCUT2D eigenvalue weighted by atomic mass is 9.96. The van der Waals surface area contributed by atoms with Crippen LogP contribution in [0.25, 0.3) is 0 Å². The molecule has 0 bridgehead atoms. The fraction of sp³-hybridized carbons (Fsp3) is 0.130. The van der Waals surface area contributed by atoms with E-state index in [0.717, 1.165) is 33.4 Å². The molecule has 0 saturated carbocycles. The molecule has 1 atom stereocenters. The van der Waals surface area contributed by atoms with Crippen LogP contribution in [0, 0.1) is 0 Å². The van der Waals surface area contributed by atoms with Crippen LogP contribution < -0.4 is 4.90 Å². The summed E-state index contributed by atoms with van der Waals surface area (Å²) in [6.45, 7) is 0. The van der Waals surface area contributed by atoms with Crippen LogP contribution in [0.15, 0.2) is 89.0 Å². The highest BCUT2D eigenvalue weighted by Crippen LogP contribution is 2.49. The maximum Gasteiger partial charge on any atom is 0.247 e. The van der Waals surface area contributed by atoms with Crippen molar-refractivity contribution in [3.8, 4) is 0 Å². The van der Waals surface area contributed by atoms with Crippen molar-refractivity contribution < 1.29 is 4.84 Å². The largest absolute Gasteiger partial charge is 0.359 e. The molecular weight excluding hydrogens is 402 g/mol. The van der Waals surface area contributed by atoms with Gasteiger partial charge in [0.1, 0.15) is 0 Å². The van der Waals surface area contributed by atoms with Gasteiger partial charge >= 0.3 is 0 Å². The van der Waals surface area contributed by atoms with Crippen LogP contribution in [0.1, 0.15) is 17.5 Å². The molecule has 3 aromatic rings. The van der Waals surface area contributed by atoms with Gasteiger partial charge in [0.2, 0.25) is 5.72 Å². The number of hydrogen-bond acceptors (Lipinski definition) is 5. The Labute approximate surface area is 178 Å². The Hall–Kier alpha value is -2.76. The second-order valence-electron chi connectivity index (χ2n) is 6.87. The highest BCUT2D eigenvalue weighted by Gasteiger charge is 2.51. The lowest BCUT2D eigenvalue weighted by Gasteiger charge is -2.36. The number of hydrogen-bond donors (Lipinski definition) is 0. The molecule has 0 radical (unpaired) electrons. The van der Waals surface area contributed by atoms with Gasteiger partial charge in [0.15, 0.2) is 5.84 Å². The average Bonchev–Trinajstić information content (AvgIpc) is 3.07. The minimum absolute atomic E-state index is 0.591.